The van der Waals surface area contributed by atoms with Crippen molar-refractivity contribution in [2.45, 2.75) is 32.7 Å². The van der Waals surface area contributed by atoms with E-state index in [9.17, 15) is 9.59 Å². The second-order valence-corrected chi connectivity index (χ2v) is 8.95. The number of hydrogen-bond acceptors (Lipinski definition) is 4. The number of quaternary nitrogens is 1. The number of para-hydroxylation sites is 2. The molecule has 2 amide bonds. The van der Waals surface area contributed by atoms with Gasteiger partial charge in [-0.15, -0.1) is 11.3 Å². The van der Waals surface area contributed by atoms with Crippen LogP contribution < -0.4 is 15.5 Å². The summed E-state index contributed by atoms with van der Waals surface area (Å²) in [6.07, 6.45) is 2.12. The van der Waals surface area contributed by atoms with Crippen LogP contribution in [0.1, 0.15) is 35.0 Å². The maximum absolute atomic E-state index is 12.5. The van der Waals surface area contributed by atoms with Crippen molar-refractivity contribution in [3.63, 3.8) is 0 Å². The molecule has 2 atom stereocenters. The van der Waals surface area contributed by atoms with Crippen LogP contribution in [0, 0.1) is 13.8 Å². The Hall–Kier alpha value is -2.77. The van der Waals surface area contributed by atoms with Crippen molar-refractivity contribution in [3.8, 4) is 0 Å². The van der Waals surface area contributed by atoms with E-state index in [-0.39, 0.29) is 24.4 Å². The molecule has 0 spiro atoms. The monoisotopic (exact) mass is 423 g/mol. The summed E-state index contributed by atoms with van der Waals surface area (Å²) in [5.74, 6) is -0.311. The summed E-state index contributed by atoms with van der Waals surface area (Å²) in [4.78, 5) is 30.8. The molecule has 1 aromatic heterocycles. The fourth-order valence-corrected chi connectivity index (χ4v) is 5.26. The minimum Gasteiger partial charge on any atom is -0.342 e. The van der Waals surface area contributed by atoms with E-state index in [1.807, 2.05) is 50.2 Å². The zero-order valence-electron chi connectivity index (χ0n) is 17.3. The van der Waals surface area contributed by atoms with Crippen LogP contribution in [0.4, 0.5) is 5.69 Å². The van der Waals surface area contributed by atoms with E-state index < -0.39 is 0 Å². The van der Waals surface area contributed by atoms with Crippen molar-refractivity contribution in [2.75, 3.05) is 25.0 Å². The molecule has 0 saturated carbocycles. The van der Waals surface area contributed by atoms with Crippen molar-refractivity contribution in [2.24, 2.45) is 0 Å². The molecule has 1 aliphatic heterocycles. The molecule has 4 rings (SSSR count). The smallest absolute Gasteiger partial charge is 0.275 e. The van der Waals surface area contributed by atoms with Crippen molar-refractivity contribution in [3.05, 3.63) is 58.6 Å². The summed E-state index contributed by atoms with van der Waals surface area (Å²) >= 11 is 1.72. The van der Waals surface area contributed by atoms with Gasteiger partial charge >= 0.3 is 0 Å². The highest BCUT2D eigenvalue weighted by Gasteiger charge is 2.34. The van der Waals surface area contributed by atoms with E-state index in [0.29, 0.717) is 6.54 Å². The summed E-state index contributed by atoms with van der Waals surface area (Å²) < 4.78 is 1.19. The Morgan fingerprint density at radius 2 is 1.87 bits per heavy atom. The van der Waals surface area contributed by atoms with Crippen LogP contribution in [-0.4, -0.2) is 36.4 Å². The number of thiazole rings is 1. The van der Waals surface area contributed by atoms with E-state index in [0.717, 1.165) is 46.7 Å². The predicted octanol–water partition coefficient (Wildman–Crippen LogP) is 2.39. The van der Waals surface area contributed by atoms with E-state index in [2.05, 4.69) is 16.7 Å². The molecular formula is C23H27N4O2S+. The molecule has 30 heavy (non-hydrogen) atoms. The summed E-state index contributed by atoms with van der Waals surface area (Å²) in [5.41, 5.74) is 3.86. The number of fused-ring (bicyclic) bond motifs is 1. The highest BCUT2D eigenvalue weighted by atomic mass is 32.1. The van der Waals surface area contributed by atoms with Crippen molar-refractivity contribution >= 4 is 39.1 Å². The molecule has 2 heterocycles. The summed E-state index contributed by atoms with van der Waals surface area (Å²) in [7, 11) is 0. The third-order valence-electron chi connectivity index (χ3n) is 5.67. The first-order valence-corrected chi connectivity index (χ1v) is 11.2. The molecule has 0 aliphatic carbocycles. The summed E-state index contributed by atoms with van der Waals surface area (Å²) in [6, 6.07) is 14.3. The Morgan fingerprint density at radius 1 is 1.10 bits per heavy atom. The highest BCUT2D eigenvalue weighted by molar-refractivity contribution is 7.18. The number of likely N-dealkylation sites (tertiary alicyclic amines) is 1. The minimum atomic E-state index is -0.208. The third kappa shape index (κ3) is 4.52. The van der Waals surface area contributed by atoms with Crippen LogP contribution in [0.3, 0.4) is 0 Å². The van der Waals surface area contributed by atoms with Gasteiger partial charge in [0.1, 0.15) is 6.04 Å². The Bertz CT molecular complexity index is 1020. The molecule has 156 valence electrons. The number of rotatable bonds is 6. The lowest BCUT2D eigenvalue weighted by Gasteiger charge is -2.19. The summed E-state index contributed by atoms with van der Waals surface area (Å²) in [6.45, 7) is 5.20. The van der Waals surface area contributed by atoms with Gasteiger partial charge in [0.2, 0.25) is 5.91 Å². The SMILES string of the molecule is Cc1cccc(C)c1NC(=O)CNC(=O)C[NH+]1CCC[C@@H]1c1nc2ccccc2s1. The Labute approximate surface area is 180 Å². The quantitative estimate of drug-likeness (QED) is 0.570. The van der Waals surface area contributed by atoms with E-state index in [4.69, 9.17) is 4.98 Å². The third-order valence-corrected chi connectivity index (χ3v) is 6.82. The minimum absolute atomic E-state index is 0.0221. The molecule has 1 fully saturated rings. The fourth-order valence-electron chi connectivity index (χ4n) is 4.10. The van der Waals surface area contributed by atoms with Gasteiger partial charge in [0, 0.05) is 18.5 Å². The van der Waals surface area contributed by atoms with Gasteiger partial charge in [-0.1, -0.05) is 30.3 Å². The second-order valence-electron chi connectivity index (χ2n) is 7.89. The molecule has 1 saturated heterocycles. The van der Waals surface area contributed by atoms with Gasteiger partial charge in [-0.2, -0.15) is 0 Å². The zero-order chi connectivity index (χ0) is 21.1. The molecule has 6 nitrogen and oxygen atoms in total. The predicted molar refractivity (Wildman–Crippen MR) is 120 cm³/mol. The molecule has 0 radical (unpaired) electrons. The van der Waals surface area contributed by atoms with Crippen LogP contribution >= 0.6 is 11.3 Å². The number of anilines is 1. The van der Waals surface area contributed by atoms with Crippen LogP contribution in [0.15, 0.2) is 42.5 Å². The average Bonchev–Trinajstić information content (AvgIpc) is 3.35. The van der Waals surface area contributed by atoms with E-state index in [1.54, 1.807) is 11.3 Å². The Balaban J connectivity index is 1.32. The Kier molecular flexibility index (Phi) is 6.11. The molecule has 2 aromatic carbocycles. The lowest BCUT2D eigenvalue weighted by atomic mass is 10.1. The second kappa shape index (κ2) is 8.93. The topological polar surface area (TPSA) is 75.5 Å². The number of aryl methyl sites for hydroxylation is 2. The molecule has 1 unspecified atom stereocenters. The number of benzene rings is 2. The molecule has 7 heteroatoms. The number of aromatic nitrogens is 1. The summed E-state index contributed by atoms with van der Waals surface area (Å²) in [5, 5.41) is 6.79. The number of carbonyl (C=O) groups excluding carboxylic acids is 2. The first-order valence-electron chi connectivity index (χ1n) is 10.3. The standard InChI is InChI=1S/C23H26N4O2S/c1-15-7-5-8-16(2)22(15)26-20(28)13-24-21(29)14-27-12-6-10-18(27)23-25-17-9-3-4-11-19(17)30-23/h3-5,7-9,11,18H,6,10,12-14H2,1-2H3,(H,24,29)(H,26,28)/p+1/t18-/m1/s1. The molecule has 3 aromatic rings. The van der Waals surface area contributed by atoms with Gasteiger partial charge < -0.3 is 15.5 Å². The number of nitrogens with zero attached hydrogens (tertiary/aromatic N) is 1. The number of hydrogen-bond donors (Lipinski definition) is 3. The van der Waals surface area contributed by atoms with Crippen molar-refractivity contribution in [1.82, 2.24) is 10.3 Å². The largest absolute Gasteiger partial charge is 0.342 e. The first kappa shape index (κ1) is 20.5. The zero-order valence-corrected chi connectivity index (χ0v) is 18.1. The first-order chi connectivity index (χ1) is 14.5. The lowest BCUT2D eigenvalue weighted by Crippen LogP contribution is -3.11. The Morgan fingerprint density at radius 3 is 2.63 bits per heavy atom. The van der Waals surface area contributed by atoms with Crippen molar-refractivity contribution < 1.29 is 14.5 Å². The molecule has 0 bridgehead atoms. The lowest BCUT2D eigenvalue weighted by molar-refractivity contribution is -0.910. The number of amides is 2. The maximum atomic E-state index is 12.5. The number of carbonyl (C=O) groups is 2. The van der Waals surface area contributed by atoms with E-state index in [1.165, 1.54) is 9.60 Å². The highest BCUT2D eigenvalue weighted by Crippen LogP contribution is 2.28. The van der Waals surface area contributed by atoms with Crippen LogP contribution in [0.2, 0.25) is 0 Å². The maximum Gasteiger partial charge on any atom is 0.275 e. The van der Waals surface area contributed by atoms with Crippen molar-refractivity contribution in [1.29, 1.82) is 0 Å². The average molecular weight is 424 g/mol. The number of nitrogens with one attached hydrogen (secondary N) is 3. The van der Waals surface area contributed by atoms with Crippen LogP contribution in [0.5, 0.6) is 0 Å². The normalized spacial score (nSPS) is 18.5. The van der Waals surface area contributed by atoms with Gasteiger partial charge in [0.15, 0.2) is 11.6 Å². The fraction of sp³-hybridized carbons (Fsp3) is 0.348. The van der Waals surface area contributed by atoms with Gasteiger partial charge in [-0.3, -0.25) is 9.59 Å². The van der Waals surface area contributed by atoms with Gasteiger partial charge in [0.25, 0.3) is 5.91 Å². The molecular weight excluding hydrogens is 396 g/mol. The van der Waals surface area contributed by atoms with Crippen LogP contribution in [-0.2, 0) is 9.59 Å². The van der Waals surface area contributed by atoms with Gasteiger partial charge in [-0.05, 0) is 37.1 Å². The van der Waals surface area contributed by atoms with Gasteiger partial charge in [-0.25, -0.2) is 4.98 Å². The van der Waals surface area contributed by atoms with E-state index >= 15 is 0 Å². The molecule has 1 aliphatic rings. The van der Waals surface area contributed by atoms with Crippen LogP contribution in [0.25, 0.3) is 10.2 Å². The molecule has 3 N–H and O–H groups in total. The van der Waals surface area contributed by atoms with Gasteiger partial charge in [0.05, 0.1) is 23.3 Å².